The summed E-state index contributed by atoms with van der Waals surface area (Å²) in [4.78, 5) is 52.4. The summed E-state index contributed by atoms with van der Waals surface area (Å²) in [6.07, 6.45) is 5.46. The van der Waals surface area contributed by atoms with Gasteiger partial charge in [0.15, 0.2) is 29.6 Å². The number of carbonyl (C=O) groups excluding carboxylic acids is 4. The highest BCUT2D eigenvalue weighted by atomic mass is 16.6. The lowest BCUT2D eigenvalue weighted by Crippen LogP contribution is -2.37. The van der Waals surface area contributed by atoms with E-state index >= 15 is 0 Å². The molecular weight excluding hydrogens is 584 g/mol. The minimum Gasteiger partial charge on any atom is -0.483 e. The molecule has 2 aromatic carbocycles. The van der Waals surface area contributed by atoms with Crippen molar-refractivity contribution in [2.24, 2.45) is 5.41 Å². The van der Waals surface area contributed by atoms with E-state index in [0.29, 0.717) is 30.9 Å². The van der Waals surface area contributed by atoms with E-state index in [1.807, 2.05) is 20.8 Å². The van der Waals surface area contributed by atoms with E-state index in [2.05, 4.69) is 20.8 Å². The molecule has 2 unspecified atom stereocenters. The number of Topliss-reactive ketones (excluding diaryl/α,β-unsaturated/α-hetero) is 1. The Labute approximate surface area is 274 Å². The fraction of sp³-hybridized carbons (Fsp3) is 0.579. The molecule has 0 heterocycles. The van der Waals surface area contributed by atoms with Crippen LogP contribution in [0.25, 0.3) is 0 Å². The lowest BCUT2D eigenvalue weighted by Gasteiger charge is -2.28. The fourth-order valence-electron chi connectivity index (χ4n) is 5.47. The molecule has 0 N–H and O–H groups in total. The van der Waals surface area contributed by atoms with E-state index in [1.54, 1.807) is 32.0 Å². The second-order valence-electron chi connectivity index (χ2n) is 12.8. The molecule has 0 fully saturated rings. The Bertz CT molecular complexity index is 1390. The maximum Gasteiger partial charge on any atom is 0.347 e. The molecule has 46 heavy (non-hydrogen) atoms. The maximum absolute atomic E-state index is 13.4. The van der Waals surface area contributed by atoms with Gasteiger partial charge in [-0.2, -0.15) is 0 Å². The summed E-state index contributed by atoms with van der Waals surface area (Å²) < 4.78 is 23.2. The van der Waals surface area contributed by atoms with Crippen molar-refractivity contribution in [2.75, 3.05) is 13.2 Å². The van der Waals surface area contributed by atoms with Crippen molar-refractivity contribution in [3.8, 4) is 11.5 Å². The Morgan fingerprint density at radius 1 is 0.652 bits per heavy atom. The number of unbranched alkanes of at least 4 members (excludes halogenated alkanes) is 3. The van der Waals surface area contributed by atoms with E-state index in [-0.39, 0.29) is 45.2 Å². The number of rotatable bonds is 19. The number of hydrogen-bond acceptors (Lipinski definition) is 8. The number of benzene rings is 2. The van der Waals surface area contributed by atoms with Crippen LogP contribution in [0.5, 0.6) is 11.5 Å². The van der Waals surface area contributed by atoms with Gasteiger partial charge in [0.05, 0.1) is 12.2 Å². The van der Waals surface area contributed by atoms with Crippen LogP contribution in [-0.4, -0.2) is 54.3 Å². The normalized spacial score (nSPS) is 14.3. The van der Waals surface area contributed by atoms with E-state index in [0.717, 1.165) is 45.1 Å². The average Bonchev–Trinajstić information content (AvgIpc) is 3.07. The third-order valence-electron chi connectivity index (χ3n) is 9.67. The summed E-state index contributed by atoms with van der Waals surface area (Å²) in [5.41, 5.74) is 0.373. The molecule has 2 atom stereocenters. The van der Waals surface area contributed by atoms with Crippen LogP contribution in [0.2, 0.25) is 0 Å². The second kappa shape index (κ2) is 16.3. The van der Waals surface area contributed by atoms with Crippen LogP contribution in [0, 0.1) is 5.41 Å². The summed E-state index contributed by atoms with van der Waals surface area (Å²) in [5.74, 6) is -0.500. The molecular formula is C38H52O8. The van der Waals surface area contributed by atoms with Crippen molar-refractivity contribution < 1.29 is 38.1 Å². The van der Waals surface area contributed by atoms with Crippen molar-refractivity contribution in [3.63, 3.8) is 0 Å². The van der Waals surface area contributed by atoms with Crippen molar-refractivity contribution in [1.82, 2.24) is 0 Å². The van der Waals surface area contributed by atoms with Gasteiger partial charge in [-0.25, -0.2) is 4.79 Å². The SMILES string of the molecule is CCC(C)(CC)OCCCCCCOC(=O)C(C)Oc1ccc2c(c1)C(=O)c1ccc(OC(C)C(=O)C(C)(CC)CC)cc1C2=O. The summed E-state index contributed by atoms with van der Waals surface area (Å²) in [6.45, 7) is 16.7. The largest absolute Gasteiger partial charge is 0.483 e. The smallest absolute Gasteiger partial charge is 0.347 e. The van der Waals surface area contributed by atoms with Gasteiger partial charge in [0.2, 0.25) is 0 Å². The minimum absolute atomic E-state index is 0.00284. The zero-order valence-corrected chi connectivity index (χ0v) is 29.0. The first-order valence-corrected chi connectivity index (χ1v) is 16.9. The second-order valence-corrected chi connectivity index (χ2v) is 12.8. The quantitative estimate of drug-likeness (QED) is 0.0960. The zero-order valence-electron chi connectivity index (χ0n) is 29.0. The van der Waals surface area contributed by atoms with Crippen LogP contribution in [0.1, 0.15) is 139 Å². The molecule has 0 spiro atoms. The Balaban J connectivity index is 1.54. The monoisotopic (exact) mass is 636 g/mol. The lowest BCUT2D eigenvalue weighted by molar-refractivity contribution is -0.151. The van der Waals surface area contributed by atoms with Crippen LogP contribution >= 0.6 is 0 Å². The third kappa shape index (κ3) is 8.84. The van der Waals surface area contributed by atoms with Crippen molar-refractivity contribution in [2.45, 2.75) is 125 Å². The molecule has 0 aliphatic heterocycles. The number of fused-ring (bicyclic) bond motifs is 2. The van der Waals surface area contributed by atoms with Crippen molar-refractivity contribution >= 4 is 23.3 Å². The molecule has 1 aliphatic rings. The van der Waals surface area contributed by atoms with E-state index in [9.17, 15) is 19.2 Å². The van der Waals surface area contributed by atoms with Gasteiger partial charge in [0.25, 0.3) is 0 Å². The standard InChI is InChI=1S/C38H52O8/c1-9-37(7,10-2)35(41)25(5)45-27-17-19-29-31(23-27)33(39)30-20-18-28(24-32(30)34(29)40)46-26(6)36(42)43-21-15-13-14-16-22-44-38(8,11-3)12-4/h17-20,23-26H,9-16,21-22H2,1-8H3. The molecule has 2 aromatic rings. The van der Waals surface area contributed by atoms with Crippen LogP contribution in [0.15, 0.2) is 36.4 Å². The first-order valence-electron chi connectivity index (χ1n) is 16.9. The van der Waals surface area contributed by atoms with Crippen LogP contribution < -0.4 is 9.47 Å². The number of ketones is 3. The van der Waals surface area contributed by atoms with Gasteiger partial charge >= 0.3 is 5.97 Å². The predicted molar refractivity (Wildman–Crippen MR) is 178 cm³/mol. The van der Waals surface area contributed by atoms with Gasteiger partial charge < -0.3 is 18.9 Å². The molecule has 0 amide bonds. The molecule has 1 aliphatic carbocycles. The molecule has 0 radical (unpaired) electrons. The van der Waals surface area contributed by atoms with Gasteiger partial charge in [-0.3, -0.25) is 14.4 Å². The summed E-state index contributed by atoms with van der Waals surface area (Å²) >= 11 is 0. The number of ether oxygens (including phenoxy) is 4. The Morgan fingerprint density at radius 2 is 1.13 bits per heavy atom. The fourth-order valence-corrected chi connectivity index (χ4v) is 5.47. The number of carbonyl (C=O) groups is 4. The molecule has 252 valence electrons. The zero-order chi connectivity index (χ0) is 34.1. The Hall–Kier alpha value is -3.52. The van der Waals surface area contributed by atoms with Gasteiger partial charge in [-0.05, 0) is 102 Å². The molecule has 0 aromatic heterocycles. The summed E-state index contributed by atoms with van der Waals surface area (Å²) in [5, 5.41) is 0. The van der Waals surface area contributed by atoms with Crippen molar-refractivity contribution in [3.05, 3.63) is 58.7 Å². The maximum atomic E-state index is 13.4. The van der Waals surface area contributed by atoms with E-state index in [1.165, 1.54) is 18.2 Å². The highest BCUT2D eigenvalue weighted by molar-refractivity contribution is 6.28. The van der Waals surface area contributed by atoms with E-state index < -0.39 is 23.6 Å². The van der Waals surface area contributed by atoms with E-state index in [4.69, 9.17) is 18.9 Å². The first kappa shape index (κ1) is 36.9. The number of hydrogen-bond donors (Lipinski definition) is 0. The molecule has 8 heteroatoms. The third-order valence-corrected chi connectivity index (χ3v) is 9.67. The Kier molecular flexibility index (Phi) is 13.1. The Morgan fingerprint density at radius 3 is 1.61 bits per heavy atom. The highest BCUT2D eigenvalue weighted by Crippen LogP contribution is 2.34. The van der Waals surface area contributed by atoms with Crippen molar-refractivity contribution in [1.29, 1.82) is 0 Å². The van der Waals surface area contributed by atoms with Gasteiger partial charge in [-0.15, -0.1) is 0 Å². The molecule has 3 rings (SSSR count). The van der Waals surface area contributed by atoms with Gasteiger partial charge in [-0.1, -0.05) is 41.0 Å². The minimum atomic E-state index is -0.888. The summed E-state index contributed by atoms with van der Waals surface area (Å²) in [7, 11) is 0. The topological polar surface area (TPSA) is 105 Å². The van der Waals surface area contributed by atoms with Gasteiger partial charge in [0, 0.05) is 34.3 Å². The molecule has 0 bridgehead atoms. The van der Waals surface area contributed by atoms with Gasteiger partial charge in [0.1, 0.15) is 11.5 Å². The lowest BCUT2D eigenvalue weighted by atomic mass is 9.78. The number of esters is 1. The molecule has 0 saturated heterocycles. The van der Waals surface area contributed by atoms with Crippen LogP contribution in [0.4, 0.5) is 0 Å². The average molecular weight is 637 g/mol. The predicted octanol–water partition coefficient (Wildman–Crippen LogP) is 8.09. The highest BCUT2D eigenvalue weighted by Gasteiger charge is 2.35. The molecule has 0 saturated carbocycles. The summed E-state index contributed by atoms with van der Waals surface area (Å²) in [6, 6.07) is 9.29. The first-order chi connectivity index (χ1) is 21.8. The van der Waals surface area contributed by atoms with Crippen LogP contribution in [0.3, 0.4) is 0 Å². The molecule has 8 nitrogen and oxygen atoms in total. The van der Waals surface area contributed by atoms with Crippen LogP contribution in [-0.2, 0) is 19.1 Å².